The van der Waals surface area contributed by atoms with Gasteiger partial charge in [0, 0.05) is 37.3 Å². The highest BCUT2D eigenvalue weighted by atomic mass is 79.9. The van der Waals surface area contributed by atoms with Gasteiger partial charge in [0.25, 0.3) is 0 Å². The fourth-order valence-corrected chi connectivity index (χ4v) is 3.58. The van der Waals surface area contributed by atoms with Crippen LogP contribution < -0.4 is 10.6 Å². The molecule has 0 saturated carbocycles. The highest BCUT2D eigenvalue weighted by Crippen LogP contribution is 2.29. The maximum atomic E-state index is 6.04. The Morgan fingerprint density at radius 1 is 1.38 bits per heavy atom. The van der Waals surface area contributed by atoms with Crippen molar-refractivity contribution in [3.05, 3.63) is 28.2 Å². The van der Waals surface area contributed by atoms with Gasteiger partial charge in [-0.3, -0.25) is 0 Å². The first-order valence-corrected chi connectivity index (χ1v) is 8.72. The van der Waals surface area contributed by atoms with Gasteiger partial charge in [-0.25, -0.2) is 0 Å². The molecule has 1 unspecified atom stereocenters. The summed E-state index contributed by atoms with van der Waals surface area (Å²) in [6.07, 6.45) is 4.30. The second-order valence-electron chi connectivity index (χ2n) is 6.09. The third-order valence-electron chi connectivity index (χ3n) is 4.32. The van der Waals surface area contributed by atoms with Crippen molar-refractivity contribution in [1.29, 1.82) is 0 Å². The maximum absolute atomic E-state index is 6.04. The summed E-state index contributed by atoms with van der Waals surface area (Å²) in [5, 5.41) is 0. The smallest absolute Gasteiger partial charge is 0.0508 e. The minimum Gasteiger partial charge on any atom is -0.381 e. The number of benzene rings is 1. The van der Waals surface area contributed by atoms with E-state index in [9.17, 15) is 0 Å². The topological polar surface area (TPSA) is 38.5 Å². The van der Waals surface area contributed by atoms with E-state index in [1.165, 1.54) is 24.1 Å². The Balaban J connectivity index is 1.98. The number of hydrogen-bond donors (Lipinski definition) is 1. The number of rotatable bonds is 6. The number of nitrogens with two attached hydrogens (primary N) is 1. The number of hydrogen-bond acceptors (Lipinski definition) is 3. The van der Waals surface area contributed by atoms with Crippen LogP contribution in [0.5, 0.6) is 0 Å². The molecule has 0 radical (unpaired) electrons. The van der Waals surface area contributed by atoms with Gasteiger partial charge in [-0.2, -0.15) is 0 Å². The minimum atomic E-state index is 0.253. The summed E-state index contributed by atoms with van der Waals surface area (Å²) >= 11 is 3.72. The molecule has 0 aromatic heterocycles. The lowest BCUT2D eigenvalue weighted by atomic mass is 9.99. The summed E-state index contributed by atoms with van der Waals surface area (Å²) in [7, 11) is 2.17. The summed E-state index contributed by atoms with van der Waals surface area (Å²) in [6.45, 7) is 5.05. The molecule has 118 valence electrons. The molecule has 0 spiro atoms. The van der Waals surface area contributed by atoms with Crippen molar-refractivity contribution in [2.75, 3.05) is 31.7 Å². The molecule has 1 fully saturated rings. The molecule has 2 N–H and O–H groups in total. The molecule has 1 aliphatic heterocycles. The molecule has 0 amide bonds. The molecule has 21 heavy (non-hydrogen) atoms. The van der Waals surface area contributed by atoms with E-state index in [0.29, 0.717) is 0 Å². The van der Waals surface area contributed by atoms with Gasteiger partial charge in [0.1, 0.15) is 0 Å². The normalized spacial score (nSPS) is 17.7. The van der Waals surface area contributed by atoms with E-state index in [0.717, 1.165) is 43.0 Å². The quantitative estimate of drug-likeness (QED) is 0.848. The Morgan fingerprint density at radius 3 is 2.71 bits per heavy atom. The fraction of sp³-hybridized carbons (Fsp3) is 0.647. The van der Waals surface area contributed by atoms with Crippen molar-refractivity contribution in [3.63, 3.8) is 0 Å². The molecule has 3 nitrogen and oxygen atoms in total. The first-order chi connectivity index (χ1) is 10.1. The minimum absolute atomic E-state index is 0.253. The zero-order valence-corrected chi connectivity index (χ0v) is 14.7. The maximum Gasteiger partial charge on any atom is 0.0508 e. The Bertz CT molecular complexity index is 446. The average molecular weight is 355 g/mol. The van der Waals surface area contributed by atoms with Gasteiger partial charge in [0.15, 0.2) is 0 Å². The van der Waals surface area contributed by atoms with Gasteiger partial charge < -0.3 is 15.4 Å². The lowest BCUT2D eigenvalue weighted by Crippen LogP contribution is -2.29. The summed E-state index contributed by atoms with van der Waals surface area (Å²) in [5.41, 5.74) is 8.60. The standard InChI is InChI=1S/C17H27BrN2O/c1-3-15(19)10-14-4-5-17(16(18)11-14)20(2)12-13-6-8-21-9-7-13/h4-5,11,13,15H,3,6-10,12,19H2,1-2H3. The molecular weight excluding hydrogens is 328 g/mol. The van der Waals surface area contributed by atoms with Gasteiger partial charge in [-0.05, 0) is 65.2 Å². The molecule has 1 heterocycles. The van der Waals surface area contributed by atoms with Crippen LogP contribution in [0.3, 0.4) is 0 Å². The van der Waals surface area contributed by atoms with Crippen LogP contribution in [0, 0.1) is 5.92 Å². The van der Waals surface area contributed by atoms with Crippen molar-refractivity contribution in [1.82, 2.24) is 0 Å². The van der Waals surface area contributed by atoms with Gasteiger partial charge in [-0.1, -0.05) is 13.0 Å². The average Bonchev–Trinajstić information content (AvgIpc) is 2.48. The number of ether oxygens (including phenoxy) is 1. The molecule has 4 heteroatoms. The lowest BCUT2D eigenvalue weighted by Gasteiger charge is -2.29. The molecular formula is C17H27BrN2O. The summed E-state index contributed by atoms with van der Waals surface area (Å²) in [5.74, 6) is 0.740. The fourth-order valence-electron chi connectivity index (χ4n) is 2.85. The number of nitrogens with zero attached hydrogens (tertiary/aromatic N) is 1. The van der Waals surface area contributed by atoms with Gasteiger partial charge >= 0.3 is 0 Å². The molecule has 0 aliphatic carbocycles. The number of anilines is 1. The van der Waals surface area contributed by atoms with Crippen LogP contribution in [0.25, 0.3) is 0 Å². The van der Waals surface area contributed by atoms with Crippen LogP contribution in [-0.2, 0) is 11.2 Å². The predicted octanol–water partition coefficient (Wildman–Crippen LogP) is 3.59. The monoisotopic (exact) mass is 354 g/mol. The second-order valence-corrected chi connectivity index (χ2v) is 6.95. The van der Waals surface area contributed by atoms with Crippen LogP contribution in [0.1, 0.15) is 31.7 Å². The van der Waals surface area contributed by atoms with Crippen molar-refractivity contribution >= 4 is 21.6 Å². The lowest BCUT2D eigenvalue weighted by molar-refractivity contribution is 0.0685. The van der Waals surface area contributed by atoms with E-state index in [1.807, 2.05) is 0 Å². The van der Waals surface area contributed by atoms with Crippen LogP contribution in [0.15, 0.2) is 22.7 Å². The highest BCUT2D eigenvalue weighted by molar-refractivity contribution is 9.10. The Hall–Kier alpha value is -0.580. The predicted molar refractivity (Wildman–Crippen MR) is 92.9 cm³/mol. The van der Waals surface area contributed by atoms with Gasteiger partial charge in [0.2, 0.25) is 0 Å². The molecule has 1 saturated heterocycles. The zero-order valence-electron chi connectivity index (χ0n) is 13.1. The van der Waals surface area contributed by atoms with Gasteiger partial charge in [-0.15, -0.1) is 0 Å². The Labute approximate surface area is 137 Å². The van der Waals surface area contributed by atoms with E-state index >= 15 is 0 Å². The third-order valence-corrected chi connectivity index (χ3v) is 4.95. The van der Waals surface area contributed by atoms with E-state index in [4.69, 9.17) is 10.5 Å². The van der Waals surface area contributed by atoms with E-state index in [-0.39, 0.29) is 6.04 Å². The van der Waals surface area contributed by atoms with Crippen molar-refractivity contribution < 1.29 is 4.74 Å². The number of halogens is 1. The Morgan fingerprint density at radius 2 is 2.10 bits per heavy atom. The zero-order chi connectivity index (χ0) is 15.2. The second kappa shape index (κ2) is 8.16. The molecule has 2 rings (SSSR count). The van der Waals surface area contributed by atoms with Crippen molar-refractivity contribution in [2.45, 2.75) is 38.6 Å². The van der Waals surface area contributed by atoms with Crippen LogP contribution >= 0.6 is 15.9 Å². The third kappa shape index (κ3) is 4.97. The van der Waals surface area contributed by atoms with E-state index < -0.39 is 0 Å². The summed E-state index contributed by atoms with van der Waals surface area (Å²) in [4.78, 5) is 2.35. The molecule has 1 aromatic rings. The summed E-state index contributed by atoms with van der Waals surface area (Å²) in [6, 6.07) is 6.88. The highest BCUT2D eigenvalue weighted by Gasteiger charge is 2.17. The first-order valence-electron chi connectivity index (χ1n) is 7.93. The van der Waals surface area contributed by atoms with Crippen LogP contribution in [-0.4, -0.2) is 32.8 Å². The van der Waals surface area contributed by atoms with Crippen molar-refractivity contribution in [3.8, 4) is 0 Å². The largest absolute Gasteiger partial charge is 0.381 e. The van der Waals surface area contributed by atoms with E-state index in [2.05, 4.69) is 53.0 Å². The molecule has 1 aromatic carbocycles. The van der Waals surface area contributed by atoms with Gasteiger partial charge in [0.05, 0.1) is 5.69 Å². The molecule has 1 atom stereocenters. The van der Waals surface area contributed by atoms with Crippen molar-refractivity contribution in [2.24, 2.45) is 11.7 Å². The molecule has 1 aliphatic rings. The van der Waals surface area contributed by atoms with Crippen LogP contribution in [0.2, 0.25) is 0 Å². The molecule has 0 bridgehead atoms. The van der Waals surface area contributed by atoms with Crippen LogP contribution in [0.4, 0.5) is 5.69 Å². The SMILES string of the molecule is CCC(N)Cc1ccc(N(C)CC2CCOCC2)c(Br)c1. The first kappa shape index (κ1) is 16.8. The van der Waals surface area contributed by atoms with E-state index in [1.54, 1.807) is 0 Å². The Kier molecular flexibility index (Phi) is 6.52. The summed E-state index contributed by atoms with van der Waals surface area (Å²) < 4.78 is 6.60.